The molecule has 4 heteroatoms. The number of likely N-dealkylation sites (tertiary alicyclic amines) is 1. The van der Waals surface area contributed by atoms with Crippen LogP contribution in [0.5, 0.6) is 0 Å². The Morgan fingerprint density at radius 1 is 0.957 bits per heavy atom. The van der Waals surface area contributed by atoms with Crippen molar-refractivity contribution in [3.05, 3.63) is 18.1 Å². The van der Waals surface area contributed by atoms with Crippen LogP contribution in [0.25, 0.3) is 0 Å². The summed E-state index contributed by atoms with van der Waals surface area (Å²) in [6.45, 7) is 11.6. The fourth-order valence-electron chi connectivity index (χ4n) is 4.71. The fourth-order valence-corrected chi connectivity index (χ4v) is 4.71. The minimum Gasteiger partial charge on any atom is -0.356 e. The summed E-state index contributed by atoms with van der Waals surface area (Å²) in [5.41, 5.74) is 1.24. The van der Waals surface area contributed by atoms with E-state index in [1.54, 1.807) is 6.33 Å². The maximum Gasteiger partial charge on any atom is 0.132 e. The van der Waals surface area contributed by atoms with Crippen LogP contribution >= 0.6 is 0 Å². The zero-order chi connectivity index (χ0) is 16.0. The molecule has 1 aromatic heterocycles. The molecule has 1 saturated carbocycles. The number of hydrogen-bond acceptors (Lipinski definition) is 4. The van der Waals surface area contributed by atoms with Gasteiger partial charge in [-0.15, -0.1) is 0 Å². The molecule has 3 aliphatic rings. The summed E-state index contributed by atoms with van der Waals surface area (Å²) in [5, 5.41) is 0. The highest BCUT2D eigenvalue weighted by atomic mass is 15.3. The molecule has 1 aromatic rings. The molecule has 2 atom stereocenters. The molecule has 3 heterocycles. The summed E-state index contributed by atoms with van der Waals surface area (Å²) >= 11 is 0. The molecule has 0 N–H and O–H groups in total. The lowest BCUT2D eigenvalue weighted by atomic mass is 9.92. The van der Waals surface area contributed by atoms with Crippen molar-refractivity contribution in [2.45, 2.75) is 57.9 Å². The molecule has 0 radical (unpaired) electrons. The molecular formula is C19H30N4. The van der Waals surface area contributed by atoms with Crippen LogP contribution in [0.2, 0.25) is 0 Å². The van der Waals surface area contributed by atoms with Gasteiger partial charge in [-0.2, -0.15) is 0 Å². The average Bonchev–Trinajstić information content (AvgIpc) is 3.21. The van der Waals surface area contributed by atoms with Crippen LogP contribution < -0.4 is 4.90 Å². The fraction of sp³-hybridized carbons (Fsp3) is 0.789. The molecule has 0 spiro atoms. The molecule has 23 heavy (non-hydrogen) atoms. The van der Waals surface area contributed by atoms with Gasteiger partial charge in [-0.25, -0.2) is 9.97 Å². The number of hydrogen-bond donors (Lipinski definition) is 0. The highest BCUT2D eigenvalue weighted by molar-refractivity contribution is 5.42. The Bertz CT molecular complexity index is 545. The Labute approximate surface area is 140 Å². The smallest absolute Gasteiger partial charge is 0.132 e. The Kier molecular flexibility index (Phi) is 3.83. The molecular weight excluding hydrogens is 284 g/mol. The van der Waals surface area contributed by atoms with Crippen LogP contribution in [0.15, 0.2) is 12.4 Å². The van der Waals surface area contributed by atoms with Crippen molar-refractivity contribution in [1.29, 1.82) is 0 Å². The minimum atomic E-state index is 0.0898. The molecule has 0 bridgehead atoms. The zero-order valence-electron chi connectivity index (χ0n) is 14.8. The monoisotopic (exact) mass is 314 g/mol. The van der Waals surface area contributed by atoms with E-state index in [1.807, 2.05) is 0 Å². The standard InChI is InChI=1S/C19H30N4/c1-19(2,3)17-8-18(21-13-20-17)23-11-14-9-22(10-15(14)12-23)16-6-4-5-7-16/h8,13-16H,4-7,9-12H2,1-3H3. The third-order valence-electron chi connectivity index (χ3n) is 6.10. The minimum absolute atomic E-state index is 0.0898. The normalized spacial score (nSPS) is 29.4. The third kappa shape index (κ3) is 2.98. The summed E-state index contributed by atoms with van der Waals surface area (Å²) in [4.78, 5) is 14.3. The molecule has 1 aliphatic carbocycles. The Balaban J connectivity index is 1.43. The van der Waals surface area contributed by atoms with Gasteiger partial charge < -0.3 is 4.90 Å². The van der Waals surface area contributed by atoms with E-state index in [-0.39, 0.29) is 5.41 Å². The van der Waals surface area contributed by atoms with Gasteiger partial charge in [0, 0.05) is 43.7 Å². The van der Waals surface area contributed by atoms with Crippen LogP contribution in [-0.2, 0) is 5.41 Å². The number of fused-ring (bicyclic) bond motifs is 1. The van der Waals surface area contributed by atoms with Crippen molar-refractivity contribution in [3.63, 3.8) is 0 Å². The van der Waals surface area contributed by atoms with Gasteiger partial charge in [-0.1, -0.05) is 33.6 Å². The van der Waals surface area contributed by atoms with Crippen molar-refractivity contribution in [1.82, 2.24) is 14.9 Å². The zero-order valence-corrected chi connectivity index (χ0v) is 14.8. The van der Waals surface area contributed by atoms with Gasteiger partial charge in [0.2, 0.25) is 0 Å². The largest absolute Gasteiger partial charge is 0.356 e. The van der Waals surface area contributed by atoms with Crippen molar-refractivity contribution in [3.8, 4) is 0 Å². The van der Waals surface area contributed by atoms with E-state index in [4.69, 9.17) is 0 Å². The molecule has 2 aliphatic heterocycles. The second-order valence-corrected chi connectivity index (χ2v) is 8.83. The van der Waals surface area contributed by atoms with Crippen LogP contribution in [0, 0.1) is 11.8 Å². The van der Waals surface area contributed by atoms with E-state index in [0.29, 0.717) is 0 Å². The maximum atomic E-state index is 4.56. The molecule has 2 unspecified atom stereocenters. The van der Waals surface area contributed by atoms with Gasteiger partial charge in [0.15, 0.2) is 0 Å². The van der Waals surface area contributed by atoms with Gasteiger partial charge in [0.05, 0.1) is 5.69 Å². The van der Waals surface area contributed by atoms with Crippen LogP contribution in [0.1, 0.15) is 52.1 Å². The lowest BCUT2D eigenvalue weighted by Gasteiger charge is -2.27. The number of aromatic nitrogens is 2. The second kappa shape index (κ2) is 5.73. The molecule has 126 valence electrons. The highest BCUT2D eigenvalue weighted by Crippen LogP contribution is 2.37. The van der Waals surface area contributed by atoms with Crippen molar-refractivity contribution >= 4 is 5.82 Å². The van der Waals surface area contributed by atoms with Gasteiger partial charge in [-0.05, 0) is 24.7 Å². The lowest BCUT2D eigenvalue weighted by molar-refractivity contribution is 0.231. The summed E-state index contributed by atoms with van der Waals surface area (Å²) in [6.07, 6.45) is 7.50. The SMILES string of the molecule is CC(C)(C)c1cc(N2CC3CN(C4CCCC4)CC3C2)ncn1. The average molecular weight is 314 g/mol. The van der Waals surface area contributed by atoms with E-state index in [0.717, 1.165) is 29.4 Å². The molecule has 3 fully saturated rings. The van der Waals surface area contributed by atoms with Crippen LogP contribution in [-0.4, -0.2) is 47.1 Å². The predicted octanol–water partition coefficient (Wildman–Crippen LogP) is 3.08. The third-order valence-corrected chi connectivity index (χ3v) is 6.10. The Morgan fingerprint density at radius 3 is 2.22 bits per heavy atom. The van der Waals surface area contributed by atoms with Gasteiger partial charge in [0.25, 0.3) is 0 Å². The van der Waals surface area contributed by atoms with Crippen LogP contribution in [0.4, 0.5) is 5.82 Å². The van der Waals surface area contributed by atoms with Crippen molar-refractivity contribution in [2.24, 2.45) is 11.8 Å². The first-order chi connectivity index (χ1) is 11.0. The first kappa shape index (κ1) is 15.4. The summed E-state index contributed by atoms with van der Waals surface area (Å²) in [5.74, 6) is 2.80. The van der Waals surface area contributed by atoms with E-state index >= 15 is 0 Å². The predicted molar refractivity (Wildman–Crippen MR) is 93.8 cm³/mol. The van der Waals surface area contributed by atoms with Crippen molar-refractivity contribution < 1.29 is 0 Å². The van der Waals surface area contributed by atoms with Gasteiger partial charge in [-0.3, -0.25) is 4.90 Å². The molecule has 4 rings (SSSR count). The topological polar surface area (TPSA) is 32.3 Å². The lowest BCUT2D eigenvalue weighted by Crippen LogP contribution is -2.35. The summed E-state index contributed by atoms with van der Waals surface area (Å²) in [7, 11) is 0. The maximum absolute atomic E-state index is 4.56. The van der Waals surface area contributed by atoms with Gasteiger partial charge in [0.1, 0.15) is 12.1 Å². The molecule has 2 saturated heterocycles. The quantitative estimate of drug-likeness (QED) is 0.840. The van der Waals surface area contributed by atoms with Crippen molar-refractivity contribution in [2.75, 3.05) is 31.1 Å². The van der Waals surface area contributed by atoms with E-state index < -0.39 is 0 Å². The number of nitrogens with zero attached hydrogens (tertiary/aromatic N) is 4. The van der Waals surface area contributed by atoms with E-state index in [9.17, 15) is 0 Å². The highest BCUT2D eigenvalue weighted by Gasteiger charge is 2.42. The Hall–Kier alpha value is -1.16. The Morgan fingerprint density at radius 2 is 1.61 bits per heavy atom. The van der Waals surface area contributed by atoms with E-state index in [1.165, 1.54) is 51.9 Å². The second-order valence-electron chi connectivity index (χ2n) is 8.83. The number of rotatable bonds is 2. The molecule has 4 nitrogen and oxygen atoms in total. The summed E-state index contributed by atoms with van der Waals surface area (Å²) < 4.78 is 0. The first-order valence-corrected chi connectivity index (χ1v) is 9.32. The number of anilines is 1. The molecule has 0 amide bonds. The molecule has 0 aromatic carbocycles. The first-order valence-electron chi connectivity index (χ1n) is 9.32. The van der Waals surface area contributed by atoms with E-state index in [2.05, 4.69) is 46.6 Å². The summed E-state index contributed by atoms with van der Waals surface area (Å²) in [6, 6.07) is 3.09. The van der Waals surface area contributed by atoms with Gasteiger partial charge >= 0.3 is 0 Å². The van der Waals surface area contributed by atoms with Crippen LogP contribution in [0.3, 0.4) is 0 Å².